The molecule has 0 saturated heterocycles. The van der Waals surface area contributed by atoms with Crippen LogP contribution in [0.25, 0.3) is 0 Å². The molecule has 15 heavy (non-hydrogen) atoms. The average molecular weight is 216 g/mol. The van der Waals surface area contributed by atoms with Crippen molar-refractivity contribution in [3.8, 4) is 5.75 Å². The number of halogens is 2. The fraction of sp³-hybridized carbons (Fsp3) is 0.455. The van der Waals surface area contributed by atoms with E-state index in [1.165, 1.54) is 13.2 Å². The maximum absolute atomic E-state index is 13.6. The van der Waals surface area contributed by atoms with Gasteiger partial charge < -0.3 is 9.84 Å². The molecule has 0 bridgehead atoms. The van der Waals surface area contributed by atoms with Crippen molar-refractivity contribution < 1.29 is 18.6 Å². The molecule has 0 radical (unpaired) electrons. The molecule has 0 heterocycles. The zero-order valence-electron chi connectivity index (χ0n) is 8.76. The Morgan fingerprint density at radius 1 is 1.40 bits per heavy atom. The van der Waals surface area contributed by atoms with Crippen molar-refractivity contribution in [2.24, 2.45) is 0 Å². The highest BCUT2D eigenvalue weighted by atomic mass is 19.3. The molecule has 1 aromatic carbocycles. The van der Waals surface area contributed by atoms with E-state index in [1.54, 1.807) is 19.1 Å². The molecular weight excluding hydrogens is 202 g/mol. The summed E-state index contributed by atoms with van der Waals surface area (Å²) in [5.74, 6) is -2.89. The van der Waals surface area contributed by atoms with Gasteiger partial charge in [-0.15, -0.1) is 0 Å². The molecular formula is C11H14F2O2. The van der Waals surface area contributed by atoms with E-state index in [-0.39, 0.29) is 11.3 Å². The SMILES string of the molecule is COc1cccc(C)c1C(F)(F)CCO. The maximum Gasteiger partial charge on any atom is 0.279 e. The molecule has 0 spiro atoms. The minimum atomic E-state index is -3.05. The van der Waals surface area contributed by atoms with Crippen LogP contribution in [0.2, 0.25) is 0 Å². The number of hydrogen-bond donors (Lipinski definition) is 1. The first kappa shape index (κ1) is 11.9. The van der Waals surface area contributed by atoms with E-state index in [0.717, 1.165) is 0 Å². The van der Waals surface area contributed by atoms with Crippen LogP contribution in [0.4, 0.5) is 8.78 Å². The molecule has 0 fully saturated rings. The first-order chi connectivity index (χ1) is 7.03. The Hall–Kier alpha value is -1.16. The number of methoxy groups -OCH3 is 1. The van der Waals surface area contributed by atoms with Gasteiger partial charge in [-0.1, -0.05) is 12.1 Å². The van der Waals surface area contributed by atoms with Gasteiger partial charge >= 0.3 is 0 Å². The average Bonchev–Trinajstić information content (AvgIpc) is 2.16. The number of aryl methyl sites for hydroxylation is 1. The van der Waals surface area contributed by atoms with Crippen LogP contribution >= 0.6 is 0 Å². The van der Waals surface area contributed by atoms with Crippen LogP contribution in [0, 0.1) is 6.92 Å². The van der Waals surface area contributed by atoms with E-state index < -0.39 is 19.0 Å². The lowest BCUT2D eigenvalue weighted by Gasteiger charge is -2.20. The van der Waals surface area contributed by atoms with Gasteiger partial charge in [0, 0.05) is 13.0 Å². The summed E-state index contributed by atoms with van der Waals surface area (Å²) in [4.78, 5) is 0. The van der Waals surface area contributed by atoms with E-state index in [0.29, 0.717) is 5.56 Å². The van der Waals surface area contributed by atoms with E-state index in [9.17, 15) is 8.78 Å². The summed E-state index contributed by atoms with van der Waals surface area (Å²) in [5, 5.41) is 8.60. The smallest absolute Gasteiger partial charge is 0.279 e. The summed E-state index contributed by atoms with van der Waals surface area (Å²) in [5.41, 5.74) is 0.328. The quantitative estimate of drug-likeness (QED) is 0.837. The third kappa shape index (κ3) is 2.45. The summed E-state index contributed by atoms with van der Waals surface area (Å²) < 4.78 is 32.1. The van der Waals surface area contributed by atoms with Crippen molar-refractivity contribution in [3.05, 3.63) is 29.3 Å². The lowest BCUT2D eigenvalue weighted by atomic mass is 9.99. The summed E-state index contributed by atoms with van der Waals surface area (Å²) in [6.07, 6.45) is -0.589. The molecule has 0 aliphatic rings. The van der Waals surface area contributed by atoms with Gasteiger partial charge in [0.15, 0.2) is 0 Å². The highest BCUT2D eigenvalue weighted by Crippen LogP contribution is 2.39. The molecule has 1 rings (SSSR count). The van der Waals surface area contributed by atoms with Gasteiger partial charge in [0.25, 0.3) is 5.92 Å². The highest BCUT2D eigenvalue weighted by molar-refractivity contribution is 5.42. The standard InChI is InChI=1S/C11H14F2O2/c1-8-4-3-5-9(15-2)10(8)11(12,13)6-7-14/h3-5,14H,6-7H2,1-2H3. The van der Waals surface area contributed by atoms with Crippen molar-refractivity contribution in [3.63, 3.8) is 0 Å². The highest BCUT2D eigenvalue weighted by Gasteiger charge is 2.35. The number of alkyl halides is 2. The predicted molar refractivity (Wildman–Crippen MR) is 53.3 cm³/mol. The van der Waals surface area contributed by atoms with Crippen LogP contribution in [0.3, 0.4) is 0 Å². The third-order valence-corrected chi connectivity index (χ3v) is 2.25. The van der Waals surface area contributed by atoms with Crippen LogP contribution in [-0.4, -0.2) is 18.8 Å². The molecule has 1 N–H and O–H groups in total. The number of aliphatic hydroxyl groups excluding tert-OH is 1. The van der Waals surface area contributed by atoms with Gasteiger partial charge in [0.05, 0.1) is 12.7 Å². The Kier molecular flexibility index (Phi) is 3.63. The minimum absolute atomic E-state index is 0.137. The van der Waals surface area contributed by atoms with Gasteiger partial charge in [0.2, 0.25) is 0 Å². The largest absolute Gasteiger partial charge is 0.496 e. The molecule has 0 aliphatic carbocycles. The van der Waals surface area contributed by atoms with E-state index in [1.807, 2.05) is 0 Å². The molecule has 0 saturated carbocycles. The van der Waals surface area contributed by atoms with Crippen molar-refractivity contribution >= 4 is 0 Å². The van der Waals surface area contributed by atoms with Gasteiger partial charge in [-0.2, -0.15) is 0 Å². The van der Waals surface area contributed by atoms with Gasteiger partial charge in [-0.3, -0.25) is 0 Å². The molecule has 0 aliphatic heterocycles. The van der Waals surface area contributed by atoms with Gasteiger partial charge in [-0.05, 0) is 18.6 Å². The Labute approximate surface area is 87.5 Å². The van der Waals surface area contributed by atoms with Gasteiger partial charge in [-0.25, -0.2) is 8.78 Å². The van der Waals surface area contributed by atoms with Crippen molar-refractivity contribution in [1.29, 1.82) is 0 Å². The molecule has 0 aromatic heterocycles. The number of benzene rings is 1. The molecule has 0 unspecified atom stereocenters. The van der Waals surface area contributed by atoms with Crippen LogP contribution < -0.4 is 4.74 Å². The summed E-state index contributed by atoms with van der Waals surface area (Å²) >= 11 is 0. The number of rotatable bonds is 4. The molecule has 0 atom stereocenters. The zero-order chi connectivity index (χ0) is 11.5. The second kappa shape index (κ2) is 4.57. The number of aliphatic hydroxyl groups is 1. The van der Waals surface area contributed by atoms with Crippen molar-refractivity contribution in [2.45, 2.75) is 19.3 Å². The summed E-state index contributed by atoms with van der Waals surface area (Å²) in [6, 6.07) is 4.75. The van der Waals surface area contributed by atoms with Gasteiger partial charge in [0.1, 0.15) is 5.75 Å². The maximum atomic E-state index is 13.6. The predicted octanol–water partition coefficient (Wildman–Crippen LogP) is 2.48. The zero-order valence-corrected chi connectivity index (χ0v) is 8.76. The Morgan fingerprint density at radius 2 is 2.07 bits per heavy atom. The Bertz CT molecular complexity index is 337. The molecule has 84 valence electrons. The molecule has 2 nitrogen and oxygen atoms in total. The fourth-order valence-corrected chi connectivity index (χ4v) is 1.55. The summed E-state index contributed by atoms with van der Waals surface area (Å²) in [7, 11) is 1.35. The molecule has 1 aromatic rings. The van der Waals surface area contributed by atoms with Crippen LogP contribution in [0.1, 0.15) is 17.5 Å². The normalized spacial score (nSPS) is 11.5. The van der Waals surface area contributed by atoms with Crippen molar-refractivity contribution in [1.82, 2.24) is 0 Å². The Balaban J connectivity index is 3.21. The van der Waals surface area contributed by atoms with E-state index >= 15 is 0 Å². The monoisotopic (exact) mass is 216 g/mol. The van der Waals surface area contributed by atoms with Crippen molar-refractivity contribution in [2.75, 3.05) is 13.7 Å². The summed E-state index contributed by atoms with van der Waals surface area (Å²) in [6.45, 7) is 1.05. The minimum Gasteiger partial charge on any atom is -0.496 e. The van der Waals surface area contributed by atoms with Crippen LogP contribution in [0.5, 0.6) is 5.75 Å². The topological polar surface area (TPSA) is 29.5 Å². The van der Waals surface area contributed by atoms with Crippen LogP contribution in [0.15, 0.2) is 18.2 Å². The number of ether oxygens (including phenoxy) is 1. The molecule has 4 heteroatoms. The number of hydrogen-bond acceptors (Lipinski definition) is 2. The Morgan fingerprint density at radius 3 is 2.60 bits per heavy atom. The lowest BCUT2D eigenvalue weighted by Crippen LogP contribution is -2.18. The first-order valence-corrected chi connectivity index (χ1v) is 4.65. The van der Waals surface area contributed by atoms with Crippen LogP contribution in [-0.2, 0) is 5.92 Å². The van der Waals surface area contributed by atoms with E-state index in [2.05, 4.69) is 0 Å². The second-order valence-electron chi connectivity index (χ2n) is 3.33. The third-order valence-electron chi connectivity index (χ3n) is 2.25. The second-order valence-corrected chi connectivity index (χ2v) is 3.33. The fourth-order valence-electron chi connectivity index (χ4n) is 1.55. The molecule has 0 amide bonds. The first-order valence-electron chi connectivity index (χ1n) is 4.65. The van der Waals surface area contributed by atoms with E-state index in [4.69, 9.17) is 9.84 Å². The lowest BCUT2D eigenvalue weighted by molar-refractivity contribution is -0.0293.